The predicted octanol–water partition coefficient (Wildman–Crippen LogP) is 4.30. The first-order chi connectivity index (χ1) is 7.35. The van der Waals surface area contributed by atoms with Crippen LogP contribution in [0.15, 0.2) is 0 Å². The number of hydrogen-bond acceptors (Lipinski definition) is 2. The van der Waals surface area contributed by atoms with Gasteiger partial charge < -0.3 is 9.47 Å². The summed E-state index contributed by atoms with van der Waals surface area (Å²) in [6.07, 6.45) is 9.68. The van der Waals surface area contributed by atoms with Crippen molar-refractivity contribution in [3.8, 4) is 0 Å². The minimum absolute atomic E-state index is 0.713. The fourth-order valence-electron chi connectivity index (χ4n) is 1.56. The van der Waals surface area contributed by atoms with Gasteiger partial charge in [0.15, 0.2) is 0 Å². The standard InChI is InChI=1S/C13H27O2/c1-4-7-8-9-10-11-12-13(14-5-2)15-6-3/h4-12H2,1-3H3. The molecule has 0 saturated heterocycles. The second-order valence-corrected chi connectivity index (χ2v) is 3.76. The Morgan fingerprint density at radius 3 is 1.80 bits per heavy atom. The van der Waals surface area contributed by atoms with E-state index in [0.29, 0.717) is 13.2 Å². The molecule has 0 aliphatic heterocycles. The second-order valence-electron chi connectivity index (χ2n) is 3.76. The van der Waals surface area contributed by atoms with Gasteiger partial charge >= 0.3 is 0 Å². The van der Waals surface area contributed by atoms with Gasteiger partial charge in [-0.25, -0.2) is 0 Å². The predicted molar refractivity (Wildman–Crippen MR) is 64.5 cm³/mol. The molecule has 0 aliphatic carbocycles. The van der Waals surface area contributed by atoms with E-state index in [4.69, 9.17) is 9.47 Å². The number of hydrogen-bond donors (Lipinski definition) is 0. The van der Waals surface area contributed by atoms with Gasteiger partial charge in [-0.1, -0.05) is 39.0 Å². The summed E-state index contributed by atoms with van der Waals surface area (Å²) in [5.41, 5.74) is 0. The molecule has 15 heavy (non-hydrogen) atoms. The second kappa shape index (κ2) is 12.0. The van der Waals surface area contributed by atoms with E-state index >= 15 is 0 Å². The molecule has 0 aromatic rings. The molecule has 1 radical (unpaired) electrons. The van der Waals surface area contributed by atoms with Gasteiger partial charge in [-0.3, -0.25) is 0 Å². The summed E-state index contributed by atoms with van der Waals surface area (Å²) < 4.78 is 10.8. The fraction of sp³-hybridized carbons (Fsp3) is 0.923. The van der Waals surface area contributed by atoms with E-state index in [1.54, 1.807) is 0 Å². The van der Waals surface area contributed by atoms with Crippen LogP contribution >= 0.6 is 0 Å². The zero-order valence-corrected chi connectivity index (χ0v) is 10.7. The van der Waals surface area contributed by atoms with Crippen LogP contribution in [0.4, 0.5) is 0 Å². The Morgan fingerprint density at radius 2 is 1.27 bits per heavy atom. The lowest BCUT2D eigenvalue weighted by atomic mass is 10.1. The largest absolute Gasteiger partial charge is 0.346 e. The van der Waals surface area contributed by atoms with Gasteiger partial charge in [0.2, 0.25) is 6.29 Å². The van der Waals surface area contributed by atoms with Gasteiger partial charge in [-0.2, -0.15) is 0 Å². The molecule has 0 aromatic carbocycles. The molecule has 0 heterocycles. The summed E-state index contributed by atoms with van der Waals surface area (Å²) in [5.74, 6) is 0. The maximum atomic E-state index is 5.40. The van der Waals surface area contributed by atoms with Crippen molar-refractivity contribution >= 4 is 0 Å². The van der Waals surface area contributed by atoms with Crippen LogP contribution in [0.5, 0.6) is 0 Å². The normalized spacial score (nSPS) is 11.2. The van der Waals surface area contributed by atoms with Crippen LogP contribution in [0.3, 0.4) is 0 Å². The molecule has 0 bridgehead atoms. The topological polar surface area (TPSA) is 18.5 Å². The van der Waals surface area contributed by atoms with Gasteiger partial charge in [-0.05, 0) is 20.3 Å². The first kappa shape index (κ1) is 14.9. The van der Waals surface area contributed by atoms with E-state index in [-0.39, 0.29) is 0 Å². The van der Waals surface area contributed by atoms with Crippen molar-refractivity contribution in [2.45, 2.75) is 65.7 Å². The summed E-state index contributed by atoms with van der Waals surface area (Å²) in [6, 6.07) is 0. The highest BCUT2D eigenvalue weighted by Gasteiger charge is 2.08. The van der Waals surface area contributed by atoms with Gasteiger partial charge in [0.25, 0.3) is 0 Å². The third kappa shape index (κ3) is 10.2. The molecule has 0 rings (SSSR count). The zero-order chi connectivity index (χ0) is 11.4. The van der Waals surface area contributed by atoms with Crippen molar-refractivity contribution in [1.29, 1.82) is 0 Å². The molecule has 0 saturated carbocycles. The van der Waals surface area contributed by atoms with Gasteiger partial charge in [0.05, 0.1) is 0 Å². The summed E-state index contributed by atoms with van der Waals surface area (Å²) >= 11 is 0. The van der Waals surface area contributed by atoms with Crippen LogP contribution < -0.4 is 0 Å². The molecule has 0 fully saturated rings. The molecule has 0 spiro atoms. The van der Waals surface area contributed by atoms with Crippen molar-refractivity contribution in [2.24, 2.45) is 0 Å². The maximum absolute atomic E-state index is 5.40. The first-order valence-electron chi connectivity index (χ1n) is 6.46. The molecule has 0 atom stereocenters. The van der Waals surface area contributed by atoms with E-state index in [9.17, 15) is 0 Å². The van der Waals surface area contributed by atoms with Crippen molar-refractivity contribution in [3.63, 3.8) is 0 Å². The van der Waals surface area contributed by atoms with Gasteiger partial charge in [-0.15, -0.1) is 0 Å². The smallest absolute Gasteiger partial charge is 0.223 e. The van der Waals surface area contributed by atoms with Crippen LogP contribution in [0.1, 0.15) is 65.7 Å². The average molecular weight is 215 g/mol. The van der Waals surface area contributed by atoms with Crippen LogP contribution in [0.25, 0.3) is 0 Å². The quantitative estimate of drug-likeness (QED) is 0.478. The molecule has 0 aliphatic rings. The van der Waals surface area contributed by atoms with E-state index < -0.39 is 0 Å². The third-order valence-corrected chi connectivity index (χ3v) is 2.35. The Bertz CT molecular complexity index is 109. The number of unbranched alkanes of at least 4 members (excludes halogenated alkanes) is 5. The average Bonchev–Trinajstić information content (AvgIpc) is 2.24. The summed E-state index contributed by atoms with van der Waals surface area (Å²) in [4.78, 5) is 0. The van der Waals surface area contributed by atoms with E-state index in [2.05, 4.69) is 6.92 Å². The molecular formula is C13H27O2. The monoisotopic (exact) mass is 215 g/mol. The van der Waals surface area contributed by atoms with E-state index in [1.807, 2.05) is 13.8 Å². The van der Waals surface area contributed by atoms with Crippen LogP contribution in [0, 0.1) is 6.29 Å². The molecule has 91 valence electrons. The van der Waals surface area contributed by atoms with Gasteiger partial charge in [0, 0.05) is 19.6 Å². The molecule has 0 amide bonds. The van der Waals surface area contributed by atoms with Crippen molar-refractivity contribution in [1.82, 2.24) is 0 Å². The molecule has 2 nitrogen and oxygen atoms in total. The SMILES string of the molecule is CCCCCCCC[C](OCC)OCC. The zero-order valence-electron chi connectivity index (χ0n) is 10.7. The Kier molecular flexibility index (Phi) is 11.9. The lowest BCUT2D eigenvalue weighted by molar-refractivity contribution is -0.0433. The lowest BCUT2D eigenvalue weighted by Crippen LogP contribution is -2.08. The minimum atomic E-state index is 0.713. The first-order valence-corrected chi connectivity index (χ1v) is 6.46. The Morgan fingerprint density at radius 1 is 0.733 bits per heavy atom. The van der Waals surface area contributed by atoms with Crippen LogP contribution in [-0.4, -0.2) is 13.2 Å². The molecule has 0 unspecified atom stereocenters. The Labute approximate surface area is 95.3 Å². The van der Waals surface area contributed by atoms with Crippen molar-refractivity contribution in [2.75, 3.05) is 13.2 Å². The number of rotatable bonds is 11. The highest BCUT2D eigenvalue weighted by Crippen LogP contribution is 2.16. The summed E-state index contributed by atoms with van der Waals surface area (Å²) in [5, 5.41) is 0. The Hall–Kier alpha value is -0.0800. The highest BCUT2D eigenvalue weighted by atomic mass is 16.7. The summed E-state index contributed by atoms with van der Waals surface area (Å²) in [6.45, 7) is 7.67. The highest BCUT2D eigenvalue weighted by molar-refractivity contribution is 4.64. The fourth-order valence-corrected chi connectivity index (χ4v) is 1.56. The van der Waals surface area contributed by atoms with E-state index in [1.165, 1.54) is 38.5 Å². The summed E-state index contributed by atoms with van der Waals surface area (Å²) in [7, 11) is 0. The van der Waals surface area contributed by atoms with Gasteiger partial charge in [0.1, 0.15) is 0 Å². The minimum Gasteiger partial charge on any atom is -0.346 e. The maximum Gasteiger partial charge on any atom is 0.223 e. The molecule has 2 heteroatoms. The molecule has 0 N–H and O–H groups in total. The lowest BCUT2D eigenvalue weighted by Gasteiger charge is -2.14. The number of ether oxygens (including phenoxy) is 2. The third-order valence-electron chi connectivity index (χ3n) is 2.35. The molecular weight excluding hydrogens is 188 g/mol. The van der Waals surface area contributed by atoms with Crippen LogP contribution in [0.2, 0.25) is 0 Å². The Balaban J connectivity index is 3.28. The van der Waals surface area contributed by atoms with E-state index in [0.717, 1.165) is 12.7 Å². The van der Waals surface area contributed by atoms with Crippen molar-refractivity contribution in [3.05, 3.63) is 6.29 Å². The van der Waals surface area contributed by atoms with Crippen LogP contribution in [-0.2, 0) is 9.47 Å². The van der Waals surface area contributed by atoms with Crippen molar-refractivity contribution < 1.29 is 9.47 Å². The molecule has 0 aromatic heterocycles.